The van der Waals surface area contributed by atoms with Gasteiger partial charge in [0.2, 0.25) is 0 Å². The fourth-order valence-corrected chi connectivity index (χ4v) is 2.86. The molecule has 2 unspecified atom stereocenters. The number of hydrogen-bond acceptors (Lipinski definition) is 3. The monoisotopic (exact) mass is 232 g/mol. The molecule has 0 saturated carbocycles. The summed E-state index contributed by atoms with van der Waals surface area (Å²) in [7, 11) is 2.00. The molecule has 3 heteroatoms. The molecule has 16 heavy (non-hydrogen) atoms. The van der Waals surface area contributed by atoms with Crippen LogP contribution in [-0.4, -0.2) is 12.0 Å². The molecule has 0 aliphatic rings. The zero-order valence-corrected chi connectivity index (χ0v) is 10.4. The number of rotatable bonds is 4. The van der Waals surface area contributed by atoms with Crippen LogP contribution in [0.25, 0.3) is 0 Å². The van der Waals surface area contributed by atoms with Crippen molar-refractivity contribution < 1.29 is 0 Å². The maximum atomic E-state index is 4.42. The highest BCUT2D eigenvalue weighted by Gasteiger charge is 2.20. The lowest BCUT2D eigenvalue weighted by atomic mass is 9.96. The summed E-state index contributed by atoms with van der Waals surface area (Å²) in [5, 5.41) is 5.49. The first-order chi connectivity index (χ1) is 7.83. The molecular weight excluding hydrogens is 216 g/mol. The third-order valence-corrected chi connectivity index (χ3v) is 3.77. The number of aromatic nitrogens is 1. The Morgan fingerprint density at radius 3 is 2.69 bits per heavy atom. The fourth-order valence-electron chi connectivity index (χ4n) is 1.92. The summed E-state index contributed by atoms with van der Waals surface area (Å²) in [6, 6.07) is 10.7. The largest absolute Gasteiger partial charge is 0.312 e. The first-order valence-corrected chi connectivity index (χ1v) is 6.32. The summed E-state index contributed by atoms with van der Waals surface area (Å²) in [5.74, 6) is 0.379. The van der Waals surface area contributed by atoms with Gasteiger partial charge in [-0.1, -0.05) is 19.1 Å². The van der Waals surface area contributed by atoms with Crippen LogP contribution in [0, 0.1) is 0 Å². The van der Waals surface area contributed by atoms with Gasteiger partial charge in [0.1, 0.15) is 0 Å². The second-order valence-electron chi connectivity index (χ2n) is 3.83. The molecule has 0 aliphatic carbocycles. The number of thiophene rings is 1. The number of nitrogens with zero attached hydrogens (tertiary/aromatic N) is 1. The molecule has 0 amide bonds. The topological polar surface area (TPSA) is 24.9 Å². The molecule has 0 fully saturated rings. The van der Waals surface area contributed by atoms with Crippen LogP contribution >= 0.6 is 11.3 Å². The van der Waals surface area contributed by atoms with E-state index in [1.165, 1.54) is 4.88 Å². The van der Waals surface area contributed by atoms with Crippen LogP contribution in [-0.2, 0) is 0 Å². The van der Waals surface area contributed by atoms with E-state index >= 15 is 0 Å². The summed E-state index contributed by atoms with van der Waals surface area (Å²) in [6.07, 6.45) is 1.85. The van der Waals surface area contributed by atoms with Crippen molar-refractivity contribution in [2.75, 3.05) is 7.05 Å². The van der Waals surface area contributed by atoms with E-state index in [9.17, 15) is 0 Å². The fraction of sp³-hybridized carbons (Fsp3) is 0.308. The van der Waals surface area contributed by atoms with E-state index in [0.717, 1.165) is 5.69 Å². The predicted octanol–water partition coefficient (Wildman–Crippen LogP) is 3.21. The van der Waals surface area contributed by atoms with E-state index in [4.69, 9.17) is 0 Å². The molecule has 2 atom stereocenters. The maximum absolute atomic E-state index is 4.42. The molecule has 2 nitrogen and oxygen atoms in total. The van der Waals surface area contributed by atoms with Crippen molar-refractivity contribution >= 4 is 11.3 Å². The summed E-state index contributed by atoms with van der Waals surface area (Å²) in [4.78, 5) is 5.78. The van der Waals surface area contributed by atoms with E-state index in [-0.39, 0.29) is 0 Å². The zero-order chi connectivity index (χ0) is 11.4. The van der Waals surface area contributed by atoms with E-state index in [1.54, 1.807) is 11.3 Å². The van der Waals surface area contributed by atoms with Crippen LogP contribution < -0.4 is 5.32 Å². The van der Waals surface area contributed by atoms with Crippen molar-refractivity contribution in [1.82, 2.24) is 10.3 Å². The van der Waals surface area contributed by atoms with Gasteiger partial charge in [0.25, 0.3) is 0 Å². The van der Waals surface area contributed by atoms with Gasteiger partial charge in [-0.2, -0.15) is 0 Å². The third kappa shape index (κ3) is 2.31. The standard InChI is InChI=1S/C13H16N2S/c1-10(11-6-3-4-8-15-11)13(14-2)12-7-5-9-16-12/h3-10,13-14H,1-2H3. The van der Waals surface area contributed by atoms with Crippen LogP contribution in [0.4, 0.5) is 0 Å². The third-order valence-electron chi connectivity index (χ3n) is 2.82. The van der Waals surface area contributed by atoms with Gasteiger partial charge in [-0.25, -0.2) is 0 Å². The van der Waals surface area contributed by atoms with Gasteiger partial charge < -0.3 is 5.32 Å². The first kappa shape index (κ1) is 11.3. The van der Waals surface area contributed by atoms with Crippen molar-refractivity contribution in [2.24, 2.45) is 0 Å². The van der Waals surface area contributed by atoms with E-state index in [1.807, 2.05) is 25.4 Å². The molecule has 0 radical (unpaired) electrons. The summed E-state index contributed by atoms with van der Waals surface area (Å²) in [5.41, 5.74) is 1.13. The second kappa shape index (κ2) is 5.23. The molecule has 0 aliphatic heterocycles. The number of nitrogens with one attached hydrogen (secondary N) is 1. The Bertz CT molecular complexity index is 411. The van der Waals surface area contributed by atoms with Crippen LogP contribution in [0.15, 0.2) is 41.9 Å². The summed E-state index contributed by atoms with van der Waals surface area (Å²) < 4.78 is 0. The average Bonchev–Trinajstić information content (AvgIpc) is 2.85. The van der Waals surface area contributed by atoms with Gasteiger partial charge >= 0.3 is 0 Å². The average molecular weight is 232 g/mol. The van der Waals surface area contributed by atoms with Crippen LogP contribution in [0.2, 0.25) is 0 Å². The van der Waals surface area contributed by atoms with E-state index in [0.29, 0.717) is 12.0 Å². The second-order valence-corrected chi connectivity index (χ2v) is 4.80. The highest BCUT2D eigenvalue weighted by molar-refractivity contribution is 7.10. The molecule has 2 aromatic rings. The Morgan fingerprint density at radius 1 is 1.25 bits per heavy atom. The quantitative estimate of drug-likeness (QED) is 0.875. The Kier molecular flexibility index (Phi) is 3.70. The van der Waals surface area contributed by atoms with Crippen LogP contribution in [0.1, 0.15) is 29.5 Å². The highest BCUT2D eigenvalue weighted by atomic mass is 32.1. The molecule has 1 N–H and O–H groups in total. The van der Waals surface area contributed by atoms with Crippen molar-refractivity contribution in [1.29, 1.82) is 0 Å². The van der Waals surface area contributed by atoms with Gasteiger partial charge in [0, 0.05) is 28.7 Å². The molecule has 2 heterocycles. The molecule has 2 aromatic heterocycles. The lowest BCUT2D eigenvalue weighted by Crippen LogP contribution is -2.21. The molecule has 0 spiro atoms. The summed E-state index contributed by atoms with van der Waals surface area (Å²) >= 11 is 1.79. The normalized spacial score (nSPS) is 14.6. The van der Waals surface area contributed by atoms with Gasteiger partial charge in [-0.3, -0.25) is 4.98 Å². The number of likely N-dealkylation sites (N-methyl/N-ethyl adjacent to an activating group) is 1. The van der Waals surface area contributed by atoms with Crippen molar-refractivity contribution in [3.05, 3.63) is 52.5 Å². The van der Waals surface area contributed by atoms with Crippen molar-refractivity contribution in [3.63, 3.8) is 0 Å². The number of hydrogen-bond donors (Lipinski definition) is 1. The van der Waals surface area contributed by atoms with Gasteiger partial charge in [-0.15, -0.1) is 11.3 Å². The number of pyridine rings is 1. The minimum Gasteiger partial charge on any atom is -0.312 e. The maximum Gasteiger partial charge on any atom is 0.0494 e. The van der Waals surface area contributed by atoms with E-state index < -0.39 is 0 Å². The van der Waals surface area contributed by atoms with Crippen LogP contribution in [0.3, 0.4) is 0 Å². The van der Waals surface area contributed by atoms with Crippen molar-refractivity contribution in [2.45, 2.75) is 18.9 Å². The Labute approximate surface area is 100 Å². The predicted molar refractivity (Wildman–Crippen MR) is 68.8 cm³/mol. The lowest BCUT2D eigenvalue weighted by Gasteiger charge is -2.21. The molecular formula is C13H16N2S. The minimum absolute atomic E-state index is 0.342. The highest BCUT2D eigenvalue weighted by Crippen LogP contribution is 2.31. The van der Waals surface area contributed by atoms with Gasteiger partial charge in [0.15, 0.2) is 0 Å². The Morgan fingerprint density at radius 2 is 2.12 bits per heavy atom. The molecule has 84 valence electrons. The van der Waals surface area contributed by atoms with Gasteiger partial charge in [0.05, 0.1) is 0 Å². The van der Waals surface area contributed by atoms with E-state index in [2.05, 4.69) is 40.8 Å². The Hall–Kier alpha value is -1.19. The Balaban J connectivity index is 2.23. The molecule has 0 aromatic carbocycles. The van der Waals surface area contributed by atoms with Gasteiger partial charge in [-0.05, 0) is 30.6 Å². The van der Waals surface area contributed by atoms with Crippen LogP contribution in [0.5, 0.6) is 0 Å². The zero-order valence-electron chi connectivity index (χ0n) is 9.55. The first-order valence-electron chi connectivity index (χ1n) is 5.44. The smallest absolute Gasteiger partial charge is 0.0494 e. The molecule has 2 rings (SSSR count). The lowest BCUT2D eigenvalue weighted by molar-refractivity contribution is 0.506. The SMILES string of the molecule is CNC(c1cccs1)C(C)c1ccccn1. The molecule has 0 bridgehead atoms. The van der Waals surface area contributed by atoms with Crippen molar-refractivity contribution in [3.8, 4) is 0 Å². The minimum atomic E-state index is 0.342. The molecule has 0 saturated heterocycles. The summed E-state index contributed by atoms with van der Waals surface area (Å²) in [6.45, 7) is 2.21.